The van der Waals surface area contributed by atoms with Gasteiger partial charge >= 0.3 is 12.0 Å². The first-order valence-electron chi connectivity index (χ1n) is 15.2. The second-order valence-electron chi connectivity index (χ2n) is 12.3. The first-order valence-corrected chi connectivity index (χ1v) is 15.2. The third-order valence-electron chi connectivity index (χ3n) is 9.47. The lowest BCUT2D eigenvalue weighted by molar-refractivity contribution is -0.143. The Morgan fingerprint density at radius 2 is 1.59 bits per heavy atom. The number of nitrogens with zero attached hydrogens (tertiary/aromatic N) is 3. The van der Waals surface area contributed by atoms with Gasteiger partial charge in [0.15, 0.2) is 0 Å². The molecule has 7 rings (SSSR count). The number of amides is 4. The van der Waals surface area contributed by atoms with E-state index in [0.29, 0.717) is 38.3 Å². The van der Waals surface area contributed by atoms with Crippen molar-refractivity contribution in [3.05, 3.63) is 101 Å². The number of hydrogen-bond acceptors (Lipinski definition) is 4. The van der Waals surface area contributed by atoms with Crippen LogP contribution >= 0.6 is 0 Å². The van der Waals surface area contributed by atoms with Crippen LogP contribution in [-0.4, -0.2) is 62.8 Å². The second-order valence-corrected chi connectivity index (χ2v) is 12.3. The number of aromatic nitrogens is 1. The number of fused-ring (bicyclic) bond motifs is 4. The summed E-state index contributed by atoms with van der Waals surface area (Å²) < 4.78 is 0. The fourth-order valence-electron chi connectivity index (χ4n) is 7.06. The maximum atomic E-state index is 14.4. The minimum absolute atomic E-state index is 0.254. The van der Waals surface area contributed by atoms with Crippen LogP contribution in [-0.2, 0) is 16.0 Å². The van der Waals surface area contributed by atoms with Gasteiger partial charge < -0.3 is 15.0 Å². The Labute approximate surface area is 255 Å². The van der Waals surface area contributed by atoms with Gasteiger partial charge in [0, 0.05) is 36.1 Å². The highest BCUT2D eigenvalue weighted by Gasteiger charge is 2.53. The molecule has 4 aromatic rings. The zero-order valence-corrected chi connectivity index (χ0v) is 24.7. The van der Waals surface area contributed by atoms with Crippen LogP contribution in [0, 0.1) is 5.92 Å². The summed E-state index contributed by atoms with van der Waals surface area (Å²) in [5.41, 5.74) is 5.47. The molecule has 2 saturated heterocycles. The van der Waals surface area contributed by atoms with Crippen LogP contribution in [0.5, 0.6) is 0 Å². The largest absolute Gasteiger partial charge is 0.481 e. The molecule has 4 heterocycles. The number of anilines is 1. The third kappa shape index (κ3) is 4.37. The van der Waals surface area contributed by atoms with Crippen molar-refractivity contribution in [3.8, 4) is 0 Å². The molecule has 0 saturated carbocycles. The summed E-state index contributed by atoms with van der Waals surface area (Å²) >= 11 is 0. The van der Waals surface area contributed by atoms with E-state index < -0.39 is 30.0 Å². The molecule has 0 bridgehead atoms. The van der Waals surface area contributed by atoms with Crippen molar-refractivity contribution in [2.75, 3.05) is 18.0 Å². The summed E-state index contributed by atoms with van der Waals surface area (Å²) in [6, 6.07) is 21.2. The number of imide groups is 1. The maximum absolute atomic E-state index is 14.4. The van der Waals surface area contributed by atoms with E-state index in [9.17, 15) is 24.3 Å². The second kappa shape index (κ2) is 10.7. The molecular weight excluding hydrogens is 556 g/mol. The van der Waals surface area contributed by atoms with Crippen molar-refractivity contribution in [3.63, 3.8) is 0 Å². The molecule has 1 aromatic heterocycles. The number of carbonyl (C=O) groups excluding carboxylic acids is 3. The molecule has 224 valence electrons. The molecule has 4 amide bonds. The predicted octanol–water partition coefficient (Wildman–Crippen LogP) is 5.71. The Kier molecular flexibility index (Phi) is 6.76. The lowest BCUT2D eigenvalue weighted by Crippen LogP contribution is -2.44. The van der Waals surface area contributed by atoms with E-state index in [0.717, 1.165) is 27.7 Å². The van der Waals surface area contributed by atoms with Gasteiger partial charge in [-0.1, -0.05) is 68.4 Å². The number of piperidine rings is 1. The molecule has 3 aromatic carbocycles. The van der Waals surface area contributed by atoms with Crippen LogP contribution < -0.4 is 4.90 Å². The topological polar surface area (TPSA) is 114 Å². The fourth-order valence-corrected chi connectivity index (χ4v) is 7.06. The van der Waals surface area contributed by atoms with Crippen molar-refractivity contribution < 1.29 is 24.3 Å². The van der Waals surface area contributed by atoms with Crippen LogP contribution in [0.4, 0.5) is 10.5 Å². The molecule has 9 nitrogen and oxygen atoms in total. The number of likely N-dealkylation sites (tertiary alicyclic amines) is 1. The number of para-hydroxylation sites is 2. The predicted molar refractivity (Wildman–Crippen MR) is 166 cm³/mol. The number of carboxylic acids is 1. The normalized spacial score (nSPS) is 20.4. The van der Waals surface area contributed by atoms with E-state index in [2.05, 4.69) is 31.0 Å². The number of carboxylic acid groups (broad SMARTS) is 1. The van der Waals surface area contributed by atoms with E-state index in [1.807, 2.05) is 36.4 Å². The number of carbonyl (C=O) groups is 4. The lowest BCUT2D eigenvalue weighted by atomic mass is 9.88. The molecule has 2 atom stereocenters. The monoisotopic (exact) mass is 590 g/mol. The number of H-pyrrole nitrogens is 1. The lowest BCUT2D eigenvalue weighted by Gasteiger charge is -2.36. The minimum Gasteiger partial charge on any atom is -0.481 e. The third-order valence-corrected chi connectivity index (χ3v) is 9.47. The number of urea groups is 1. The van der Waals surface area contributed by atoms with Crippen molar-refractivity contribution in [1.82, 2.24) is 14.8 Å². The van der Waals surface area contributed by atoms with Gasteiger partial charge in [0.05, 0.1) is 17.2 Å². The Hall–Kier alpha value is -4.92. The molecule has 1 unspecified atom stereocenters. The summed E-state index contributed by atoms with van der Waals surface area (Å²) in [5.74, 6) is -1.66. The van der Waals surface area contributed by atoms with Gasteiger partial charge in [-0.05, 0) is 53.6 Å². The fraction of sp³-hybridized carbons (Fsp3) is 0.314. The molecule has 3 aliphatic rings. The number of rotatable bonds is 5. The molecule has 0 aliphatic carbocycles. The molecule has 9 heteroatoms. The molecule has 2 N–H and O–H groups in total. The zero-order chi connectivity index (χ0) is 30.7. The number of benzene rings is 3. The van der Waals surface area contributed by atoms with Gasteiger partial charge in [0.25, 0.3) is 11.8 Å². The number of nitrogens with one attached hydrogen (secondary N) is 1. The van der Waals surface area contributed by atoms with Gasteiger partial charge in [0.1, 0.15) is 12.1 Å². The van der Waals surface area contributed by atoms with Crippen LogP contribution in [0.3, 0.4) is 0 Å². The smallest absolute Gasteiger partial charge is 0.332 e. The molecular formula is C35H34N4O5. The summed E-state index contributed by atoms with van der Waals surface area (Å²) in [4.78, 5) is 61.9. The van der Waals surface area contributed by atoms with Crippen LogP contribution in [0.25, 0.3) is 10.9 Å². The molecule has 0 spiro atoms. The van der Waals surface area contributed by atoms with Crippen LogP contribution in [0.2, 0.25) is 0 Å². The highest BCUT2D eigenvalue weighted by Crippen LogP contribution is 2.45. The summed E-state index contributed by atoms with van der Waals surface area (Å²) in [6.07, 6.45) is 1.09. The SMILES string of the molecule is CC(C)c1ccc(C2c3[nH]c4ccccc4c3C[C@H]3C(=O)N(c4ccccc4C(=O)N4CCC(C(=O)O)CC4)C(=O)N23)cc1. The quantitative estimate of drug-likeness (QED) is 0.289. The van der Waals surface area contributed by atoms with E-state index in [4.69, 9.17) is 0 Å². The van der Waals surface area contributed by atoms with Gasteiger partial charge in [-0.2, -0.15) is 0 Å². The summed E-state index contributed by atoms with van der Waals surface area (Å²) in [6.45, 7) is 4.87. The zero-order valence-electron chi connectivity index (χ0n) is 24.7. The summed E-state index contributed by atoms with van der Waals surface area (Å²) in [5, 5.41) is 10.4. The Morgan fingerprint density at radius 1 is 0.909 bits per heavy atom. The highest BCUT2D eigenvalue weighted by atomic mass is 16.4. The van der Waals surface area contributed by atoms with Gasteiger partial charge in [-0.3, -0.25) is 19.3 Å². The van der Waals surface area contributed by atoms with E-state index >= 15 is 0 Å². The molecule has 2 fully saturated rings. The summed E-state index contributed by atoms with van der Waals surface area (Å²) in [7, 11) is 0. The van der Waals surface area contributed by atoms with E-state index in [1.165, 1.54) is 10.5 Å². The molecule has 44 heavy (non-hydrogen) atoms. The molecule has 3 aliphatic heterocycles. The standard InChI is InChI=1S/C35H34N4O5/c1-20(2)21-11-13-22(14-12-21)31-30-26(24-7-3-5-9-27(24)36-30)19-29-33(41)39(35(44)38(29)31)28-10-6-4-8-25(28)32(40)37-17-15-23(16-18-37)34(42)43/h3-14,20,23,29,31,36H,15-19H2,1-2H3,(H,42,43)/t29-,31?/m0/s1. The van der Waals surface area contributed by atoms with Crippen molar-refractivity contribution >= 4 is 40.4 Å². The highest BCUT2D eigenvalue weighted by molar-refractivity contribution is 6.24. The van der Waals surface area contributed by atoms with Gasteiger partial charge in [-0.15, -0.1) is 0 Å². The number of aliphatic carboxylic acids is 1. The Morgan fingerprint density at radius 3 is 2.30 bits per heavy atom. The Bertz CT molecular complexity index is 1800. The first-order chi connectivity index (χ1) is 21.2. The van der Waals surface area contributed by atoms with Crippen molar-refractivity contribution in [2.24, 2.45) is 5.92 Å². The van der Waals surface area contributed by atoms with Crippen molar-refractivity contribution in [2.45, 2.75) is 51.1 Å². The first kappa shape index (κ1) is 27.9. The number of hydrogen-bond donors (Lipinski definition) is 2. The van der Waals surface area contributed by atoms with E-state index in [-0.39, 0.29) is 23.1 Å². The average Bonchev–Trinajstić information content (AvgIpc) is 3.53. The van der Waals surface area contributed by atoms with Crippen LogP contribution in [0.1, 0.15) is 71.4 Å². The maximum Gasteiger partial charge on any atom is 0.332 e. The minimum atomic E-state index is -0.853. The van der Waals surface area contributed by atoms with Gasteiger partial charge in [-0.25, -0.2) is 9.69 Å². The average molecular weight is 591 g/mol. The van der Waals surface area contributed by atoms with Crippen LogP contribution in [0.15, 0.2) is 72.8 Å². The van der Waals surface area contributed by atoms with Crippen molar-refractivity contribution in [1.29, 1.82) is 0 Å². The van der Waals surface area contributed by atoms with Gasteiger partial charge in [0.2, 0.25) is 0 Å². The Balaban J connectivity index is 1.28. The number of aromatic amines is 1. The molecule has 0 radical (unpaired) electrons. The van der Waals surface area contributed by atoms with E-state index in [1.54, 1.807) is 34.1 Å².